The van der Waals surface area contributed by atoms with Crippen molar-refractivity contribution in [2.24, 2.45) is 4.99 Å². The average Bonchev–Trinajstić information content (AvgIpc) is 3.05. The van der Waals surface area contributed by atoms with E-state index < -0.39 is 0 Å². The van der Waals surface area contributed by atoms with Gasteiger partial charge in [0.1, 0.15) is 0 Å². The quantitative estimate of drug-likeness (QED) is 0.414. The molecule has 5 nitrogen and oxygen atoms in total. The SMILES string of the molecule is CCOCCCNC(=NC)NCC1CCCN1Cc1ccccc1. The lowest BCUT2D eigenvalue weighted by molar-refractivity contribution is 0.145. The van der Waals surface area contributed by atoms with Crippen LogP contribution in [0.5, 0.6) is 0 Å². The Kier molecular flexibility index (Phi) is 8.63. The molecule has 1 heterocycles. The summed E-state index contributed by atoms with van der Waals surface area (Å²) in [6.07, 6.45) is 3.53. The summed E-state index contributed by atoms with van der Waals surface area (Å²) in [5.41, 5.74) is 1.39. The van der Waals surface area contributed by atoms with Crippen LogP contribution in [-0.4, -0.2) is 56.8 Å². The van der Waals surface area contributed by atoms with E-state index in [1.165, 1.54) is 24.9 Å². The number of benzene rings is 1. The number of nitrogens with zero attached hydrogens (tertiary/aromatic N) is 2. The van der Waals surface area contributed by atoms with Crippen LogP contribution in [0.15, 0.2) is 35.3 Å². The number of nitrogens with one attached hydrogen (secondary N) is 2. The van der Waals surface area contributed by atoms with Crippen molar-refractivity contribution in [1.29, 1.82) is 0 Å². The highest BCUT2D eigenvalue weighted by Crippen LogP contribution is 2.19. The van der Waals surface area contributed by atoms with Gasteiger partial charge in [0.05, 0.1) is 0 Å². The van der Waals surface area contributed by atoms with Crippen LogP contribution in [0.3, 0.4) is 0 Å². The highest BCUT2D eigenvalue weighted by molar-refractivity contribution is 5.79. The molecule has 0 radical (unpaired) electrons. The van der Waals surface area contributed by atoms with E-state index >= 15 is 0 Å². The molecule has 0 saturated carbocycles. The van der Waals surface area contributed by atoms with Gasteiger partial charge in [0.25, 0.3) is 0 Å². The minimum absolute atomic E-state index is 0.576. The van der Waals surface area contributed by atoms with E-state index in [0.29, 0.717) is 6.04 Å². The van der Waals surface area contributed by atoms with Gasteiger partial charge in [0.2, 0.25) is 0 Å². The third-order valence-electron chi connectivity index (χ3n) is 4.42. The van der Waals surface area contributed by atoms with Gasteiger partial charge in [0.15, 0.2) is 5.96 Å². The molecule has 1 saturated heterocycles. The average molecular weight is 332 g/mol. The van der Waals surface area contributed by atoms with Gasteiger partial charge in [-0.2, -0.15) is 0 Å². The second-order valence-electron chi connectivity index (χ2n) is 6.18. The molecule has 2 rings (SSSR count). The third kappa shape index (κ3) is 6.49. The Morgan fingerprint density at radius 2 is 2.12 bits per heavy atom. The topological polar surface area (TPSA) is 48.9 Å². The molecule has 1 aliphatic heterocycles. The van der Waals surface area contributed by atoms with Crippen molar-refractivity contribution in [2.45, 2.75) is 38.8 Å². The standard InChI is InChI=1S/C19H32N4O/c1-3-24-14-8-12-21-19(20-2)22-15-18-11-7-13-23(18)16-17-9-5-4-6-10-17/h4-6,9-10,18H,3,7-8,11-16H2,1-2H3,(H2,20,21,22). The molecule has 0 spiro atoms. The first-order valence-corrected chi connectivity index (χ1v) is 9.13. The van der Waals surface area contributed by atoms with Gasteiger partial charge in [-0.25, -0.2) is 0 Å². The Morgan fingerprint density at radius 3 is 2.88 bits per heavy atom. The van der Waals surface area contributed by atoms with Gasteiger partial charge in [0, 0.05) is 45.9 Å². The summed E-state index contributed by atoms with van der Waals surface area (Å²) in [6, 6.07) is 11.3. The van der Waals surface area contributed by atoms with Crippen molar-refractivity contribution in [3.8, 4) is 0 Å². The number of rotatable bonds is 9. The number of aliphatic imine (C=N–C) groups is 1. The molecule has 1 fully saturated rings. The van der Waals surface area contributed by atoms with Gasteiger partial charge in [-0.05, 0) is 38.3 Å². The maximum atomic E-state index is 5.35. The van der Waals surface area contributed by atoms with Crippen LogP contribution in [0.4, 0.5) is 0 Å². The molecule has 1 atom stereocenters. The summed E-state index contributed by atoms with van der Waals surface area (Å²) in [4.78, 5) is 6.89. The minimum atomic E-state index is 0.576. The first-order valence-electron chi connectivity index (χ1n) is 9.13. The molecule has 5 heteroatoms. The number of ether oxygens (including phenoxy) is 1. The highest BCUT2D eigenvalue weighted by atomic mass is 16.5. The summed E-state index contributed by atoms with van der Waals surface area (Å²) in [5, 5.41) is 6.83. The normalized spacial score (nSPS) is 18.8. The summed E-state index contributed by atoms with van der Waals surface area (Å²) in [7, 11) is 1.83. The van der Waals surface area contributed by atoms with E-state index in [2.05, 4.69) is 50.9 Å². The molecule has 1 aromatic rings. The Hall–Kier alpha value is -1.59. The molecule has 1 aromatic carbocycles. The zero-order valence-electron chi connectivity index (χ0n) is 15.1. The largest absolute Gasteiger partial charge is 0.382 e. The molecule has 2 N–H and O–H groups in total. The van der Waals surface area contributed by atoms with Crippen molar-refractivity contribution < 1.29 is 4.74 Å². The Labute approximate surface area is 146 Å². The molecule has 0 aliphatic carbocycles. The first-order chi connectivity index (χ1) is 11.8. The van der Waals surface area contributed by atoms with Crippen LogP contribution in [-0.2, 0) is 11.3 Å². The van der Waals surface area contributed by atoms with Crippen molar-refractivity contribution in [2.75, 3.05) is 39.9 Å². The molecule has 1 aliphatic rings. The smallest absolute Gasteiger partial charge is 0.191 e. The summed E-state index contributed by atoms with van der Waals surface area (Å²) < 4.78 is 5.35. The van der Waals surface area contributed by atoms with Crippen molar-refractivity contribution >= 4 is 5.96 Å². The van der Waals surface area contributed by atoms with Crippen LogP contribution in [0, 0.1) is 0 Å². The lowest BCUT2D eigenvalue weighted by Gasteiger charge is -2.25. The number of guanidine groups is 1. The molecular formula is C19H32N4O. The van der Waals surface area contributed by atoms with E-state index in [1.54, 1.807) is 0 Å². The fourth-order valence-electron chi connectivity index (χ4n) is 3.11. The predicted octanol–water partition coefficient (Wildman–Crippen LogP) is 2.24. The monoisotopic (exact) mass is 332 g/mol. The van der Waals surface area contributed by atoms with E-state index in [9.17, 15) is 0 Å². The summed E-state index contributed by atoms with van der Waals surface area (Å²) in [5.74, 6) is 0.887. The van der Waals surface area contributed by atoms with Crippen molar-refractivity contribution in [1.82, 2.24) is 15.5 Å². The maximum Gasteiger partial charge on any atom is 0.191 e. The molecule has 0 aromatic heterocycles. The third-order valence-corrected chi connectivity index (χ3v) is 4.42. The first kappa shape index (κ1) is 18.7. The Morgan fingerprint density at radius 1 is 1.29 bits per heavy atom. The number of likely N-dealkylation sites (tertiary alicyclic amines) is 1. The lowest BCUT2D eigenvalue weighted by Crippen LogP contribution is -2.45. The highest BCUT2D eigenvalue weighted by Gasteiger charge is 2.24. The summed E-state index contributed by atoms with van der Waals surface area (Å²) >= 11 is 0. The fraction of sp³-hybridized carbons (Fsp3) is 0.632. The van der Waals surface area contributed by atoms with Crippen molar-refractivity contribution in [3.63, 3.8) is 0 Å². The lowest BCUT2D eigenvalue weighted by atomic mass is 10.2. The van der Waals surface area contributed by atoms with Gasteiger partial charge in [-0.15, -0.1) is 0 Å². The van der Waals surface area contributed by atoms with Crippen LogP contribution < -0.4 is 10.6 Å². The van der Waals surface area contributed by atoms with Gasteiger partial charge in [-0.1, -0.05) is 30.3 Å². The van der Waals surface area contributed by atoms with Gasteiger partial charge in [-0.3, -0.25) is 9.89 Å². The molecule has 0 bridgehead atoms. The fourth-order valence-corrected chi connectivity index (χ4v) is 3.11. The van der Waals surface area contributed by atoms with Crippen LogP contribution >= 0.6 is 0 Å². The Balaban J connectivity index is 1.71. The second-order valence-corrected chi connectivity index (χ2v) is 6.18. The zero-order valence-corrected chi connectivity index (χ0v) is 15.1. The van der Waals surface area contributed by atoms with Crippen LogP contribution in [0.25, 0.3) is 0 Å². The van der Waals surface area contributed by atoms with Gasteiger partial charge < -0.3 is 15.4 Å². The number of hydrogen-bond donors (Lipinski definition) is 2. The van der Waals surface area contributed by atoms with Crippen molar-refractivity contribution in [3.05, 3.63) is 35.9 Å². The molecule has 134 valence electrons. The van der Waals surface area contributed by atoms with E-state index in [4.69, 9.17) is 4.74 Å². The summed E-state index contributed by atoms with van der Waals surface area (Å²) in [6.45, 7) is 7.65. The molecule has 24 heavy (non-hydrogen) atoms. The molecule has 0 amide bonds. The Bertz CT molecular complexity index is 478. The zero-order chi connectivity index (χ0) is 17.0. The van der Waals surface area contributed by atoms with E-state index in [-0.39, 0.29) is 0 Å². The molecular weight excluding hydrogens is 300 g/mol. The molecule has 1 unspecified atom stereocenters. The maximum absolute atomic E-state index is 5.35. The predicted molar refractivity (Wildman–Crippen MR) is 100 cm³/mol. The second kappa shape index (κ2) is 11.0. The van der Waals surface area contributed by atoms with Crippen LogP contribution in [0.1, 0.15) is 31.7 Å². The minimum Gasteiger partial charge on any atom is -0.382 e. The van der Waals surface area contributed by atoms with Crippen LogP contribution in [0.2, 0.25) is 0 Å². The number of hydrogen-bond acceptors (Lipinski definition) is 3. The van der Waals surface area contributed by atoms with E-state index in [0.717, 1.165) is 45.2 Å². The van der Waals surface area contributed by atoms with E-state index in [1.807, 2.05) is 14.0 Å². The van der Waals surface area contributed by atoms with Gasteiger partial charge >= 0.3 is 0 Å².